The molecular formula is C69H90N4O3. The number of phenolic OH excluding ortho intramolecular Hbond substituents is 3. The van der Waals surface area contributed by atoms with E-state index in [9.17, 15) is 15.3 Å². The summed E-state index contributed by atoms with van der Waals surface area (Å²) in [5, 5.41) is 36.0. The van der Waals surface area contributed by atoms with Crippen LogP contribution in [0.25, 0.3) is 0 Å². The number of phenols is 3. The lowest BCUT2D eigenvalue weighted by atomic mass is 9.53. The van der Waals surface area contributed by atoms with Gasteiger partial charge in [-0.2, -0.15) is 0 Å². The maximum Gasteiger partial charge on any atom is 0.115 e. The maximum atomic E-state index is 9.49. The Hall–Kier alpha value is -4.46. The van der Waals surface area contributed by atoms with Crippen molar-refractivity contribution in [2.75, 3.05) is 0 Å². The van der Waals surface area contributed by atoms with Gasteiger partial charge in [0.25, 0.3) is 0 Å². The molecule has 0 radical (unpaired) electrons. The second-order valence-electron chi connectivity index (χ2n) is 28.7. The summed E-state index contributed by atoms with van der Waals surface area (Å²) >= 11 is 0. The monoisotopic (exact) mass is 1020 g/mol. The molecule has 7 nitrogen and oxygen atoms in total. The fraction of sp³-hybridized carbons (Fsp3) is 0.623. The van der Waals surface area contributed by atoms with Crippen molar-refractivity contribution in [3.05, 3.63) is 125 Å². The van der Waals surface area contributed by atoms with E-state index in [1.54, 1.807) is 30.3 Å². The molecule has 0 aromatic heterocycles. The molecular weight excluding hydrogens is 933 g/mol. The topological polar surface area (TPSA) is 109 Å². The van der Waals surface area contributed by atoms with Crippen LogP contribution in [0.15, 0.2) is 107 Å². The SMILES string of the molecule is Cc1cc(O)ccc1C=NC12CC3CC(CC(C3)C1)C2.Oc1ccc(C=NC23CC4CC(CC(C4)C2)C3)cc1.Oc1ccc(CNC23CC4CC(CC(C4)C2)C3)cc1.c1ccc(CNC23CC4CC(CC(C4)C2)C3)cc1. The first-order valence-electron chi connectivity index (χ1n) is 30.9. The van der Waals surface area contributed by atoms with Gasteiger partial charge < -0.3 is 26.0 Å². The Labute approximate surface area is 455 Å². The minimum Gasteiger partial charge on any atom is -0.508 e. The number of nitrogens with one attached hydrogen (secondary N) is 2. The standard InChI is InChI=1S/C18H23NO.C17H23NO.C17H21NO.C17H23N/c1-12-4-17(20)3-2-16(12)11-19-18-8-13-5-14(9-18)7-15(6-13)10-18;2*19-16-3-1-12(2-4-16)11-18-17-8-13-5-14(9-17)7-15(6-13)10-17;1-2-4-13(5-3-1)12-18-17-9-14-6-15(10-17)8-16(7-14)11-17/h2-4,11,13-15,20H,5-10H2,1H3;1-4,13-15,18-19H,5-11H2;1-4,11,13-15,19H,5-10H2;1-5,14-16,18H,6-12H2. The highest BCUT2D eigenvalue weighted by molar-refractivity contribution is 5.82. The van der Waals surface area contributed by atoms with E-state index in [1.807, 2.05) is 49.5 Å². The third-order valence-electron chi connectivity index (χ3n) is 22.3. The van der Waals surface area contributed by atoms with Crippen LogP contribution in [0.4, 0.5) is 0 Å². The third-order valence-corrected chi connectivity index (χ3v) is 22.3. The molecule has 0 aliphatic heterocycles. The lowest BCUT2D eigenvalue weighted by Crippen LogP contribution is -2.58. The van der Waals surface area contributed by atoms with Gasteiger partial charge >= 0.3 is 0 Å². The van der Waals surface area contributed by atoms with Crippen LogP contribution in [0.2, 0.25) is 0 Å². The molecule has 76 heavy (non-hydrogen) atoms. The number of aliphatic imine (C=N–C) groups is 2. The smallest absolute Gasteiger partial charge is 0.115 e. The Kier molecular flexibility index (Phi) is 14.1. The number of hydrogen-bond acceptors (Lipinski definition) is 7. The molecule has 16 aliphatic carbocycles. The van der Waals surface area contributed by atoms with E-state index in [0.29, 0.717) is 28.3 Å². The van der Waals surface area contributed by atoms with Crippen molar-refractivity contribution >= 4 is 12.4 Å². The first kappa shape index (κ1) is 51.0. The first-order valence-corrected chi connectivity index (χ1v) is 30.9. The minimum absolute atomic E-state index is 0.249. The fourth-order valence-electron chi connectivity index (χ4n) is 20.7. The summed E-state index contributed by atoms with van der Waals surface area (Å²) in [7, 11) is 0. The highest BCUT2D eigenvalue weighted by Crippen LogP contribution is 2.60. The van der Waals surface area contributed by atoms with Crippen LogP contribution in [-0.2, 0) is 13.1 Å². The van der Waals surface area contributed by atoms with E-state index in [1.165, 1.54) is 165 Å². The lowest BCUT2D eigenvalue weighted by molar-refractivity contribution is -0.0207. The molecule has 16 aliphatic rings. The maximum absolute atomic E-state index is 9.49. The zero-order valence-electron chi connectivity index (χ0n) is 45.9. The molecule has 7 heteroatoms. The predicted octanol–water partition coefficient (Wildman–Crippen LogP) is 15.1. The highest BCUT2D eigenvalue weighted by atomic mass is 16.3. The van der Waals surface area contributed by atoms with Crippen molar-refractivity contribution in [3.63, 3.8) is 0 Å². The van der Waals surface area contributed by atoms with E-state index in [4.69, 9.17) is 9.98 Å². The quantitative estimate of drug-likeness (QED) is 0.102. The van der Waals surface area contributed by atoms with Gasteiger partial charge in [0.2, 0.25) is 0 Å². The van der Waals surface area contributed by atoms with Gasteiger partial charge in [0.1, 0.15) is 17.2 Å². The largest absolute Gasteiger partial charge is 0.508 e. The molecule has 20 rings (SSSR count). The Morgan fingerprint density at radius 3 is 1.11 bits per heavy atom. The fourth-order valence-corrected chi connectivity index (χ4v) is 20.7. The van der Waals surface area contributed by atoms with Crippen LogP contribution in [0.3, 0.4) is 0 Å². The summed E-state index contributed by atoms with van der Waals surface area (Å²) in [5.41, 5.74) is 7.54. The molecule has 0 unspecified atom stereocenters. The number of aromatic hydroxyl groups is 3. The summed E-state index contributed by atoms with van der Waals surface area (Å²) in [5.74, 6) is 12.8. The summed E-state index contributed by atoms with van der Waals surface area (Å²) in [6, 6.07) is 31.5. The molecule has 0 saturated heterocycles. The summed E-state index contributed by atoms with van der Waals surface area (Å²) < 4.78 is 0. The van der Waals surface area contributed by atoms with Crippen molar-refractivity contribution in [3.8, 4) is 17.2 Å². The second kappa shape index (κ2) is 21.0. The molecule has 16 saturated carbocycles. The highest BCUT2D eigenvalue weighted by Gasteiger charge is 2.54. The number of aryl methyl sites for hydroxylation is 1. The third kappa shape index (κ3) is 11.5. The van der Waals surface area contributed by atoms with E-state index < -0.39 is 0 Å². The Morgan fingerprint density at radius 1 is 0.395 bits per heavy atom. The van der Waals surface area contributed by atoms with E-state index in [0.717, 1.165) is 101 Å². The van der Waals surface area contributed by atoms with Crippen molar-refractivity contribution in [2.45, 2.75) is 196 Å². The lowest BCUT2D eigenvalue weighted by Gasteiger charge is -2.57. The molecule has 404 valence electrons. The predicted molar refractivity (Wildman–Crippen MR) is 308 cm³/mol. The average molecular weight is 1020 g/mol. The van der Waals surface area contributed by atoms with Crippen LogP contribution < -0.4 is 10.6 Å². The Morgan fingerprint density at radius 2 is 0.724 bits per heavy atom. The molecule has 0 spiro atoms. The Bertz CT molecular complexity index is 2550. The van der Waals surface area contributed by atoms with E-state index in [2.05, 4.69) is 47.2 Å². The van der Waals surface area contributed by atoms with E-state index >= 15 is 0 Å². The number of rotatable bonds is 10. The van der Waals surface area contributed by atoms with E-state index in [-0.39, 0.29) is 11.1 Å². The molecule has 0 atom stereocenters. The van der Waals surface area contributed by atoms with Crippen LogP contribution in [0, 0.1) is 77.9 Å². The van der Waals surface area contributed by atoms with Gasteiger partial charge in [0.15, 0.2) is 0 Å². The van der Waals surface area contributed by atoms with Crippen molar-refractivity contribution in [1.82, 2.24) is 10.6 Å². The van der Waals surface area contributed by atoms with Crippen LogP contribution in [0.5, 0.6) is 17.2 Å². The first-order chi connectivity index (χ1) is 36.8. The van der Waals surface area contributed by atoms with Gasteiger partial charge in [-0.25, -0.2) is 0 Å². The van der Waals surface area contributed by atoms with Gasteiger partial charge in [0, 0.05) is 36.6 Å². The summed E-state index contributed by atoms with van der Waals surface area (Å²) in [4.78, 5) is 10.1. The van der Waals surface area contributed by atoms with Crippen molar-refractivity contribution < 1.29 is 15.3 Å². The zero-order chi connectivity index (χ0) is 51.5. The van der Waals surface area contributed by atoms with Gasteiger partial charge in [0.05, 0.1) is 11.1 Å². The van der Waals surface area contributed by atoms with Gasteiger partial charge in [-0.3, -0.25) is 9.98 Å². The van der Waals surface area contributed by atoms with Crippen LogP contribution in [0.1, 0.15) is 182 Å². The summed E-state index contributed by atoms with van der Waals surface area (Å²) in [6.45, 7) is 4.06. The second-order valence-corrected chi connectivity index (χ2v) is 28.7. The average Bonchev–Trinajstić information content (AvgIpc) is 3.39. The molecule has 0 heterocycles. The molecule has 5 N–H and O–H groups in total. The number of benzene rings is 4. The van der Waals surface area contributed by atoms with Crippen LogP contribution >= 0.6 is 0 Å². The molecule has 4 aromatic rings. The molecule has 4 aromatic carbocycles. The number of nitrogens with zero attached hydrogens (tertiary/aromatic N) is 2. The van der Waals surface area contributed by atoms with Gasteiger partial charge in [-0.05, 0) is 314 Å². The van der Waals surface area contributed by atoms with Crippen molar-refractivity contribution in [2.24, 2.45) is 81.0 Å². The summed E-state index contributed by atoms with van der Waals surface area (Å²) in [6.07, 6.45) is 38.4. The van der Waals surface area contributed by atoms with Crippen LogP contribution in [-0.4, -0.2) is 49.9 Å². The molecule has 0 amide bonds. The molecule has 16 fully saturated rings. The van der Waals surface area contributed by atoms with Gasteiger partial charge in [-0.15, -0.1) is 0 Å². The van der Waals surface area contributed by atoms with Gasteiger partial charge in [-0.1, -0.05) is 42.5 Å². The molecule has 16 bridgehead atoms. The Balaban J connectivity index is 0.0000000971. The van der Waals surface area contributed by atoms with Crippen molar-refractivity contribution in [1.29, 1.82) is 0 Å². The number of hydrogen-bond donors (Lipinski definition) is 5. The zero-order valence-corrected chi connectivity index (χ0v) is 45.9. The normalized spacial score (nSPS) is 39.9. The minimum atomic E-state index is 0.249.